The molecule has 0 spiro atoms. The van der Waals surface area contributed by atoms with E-state index in [1.807, 2.05) is 18.7 Å². The average Bonchev–Trinajstić information content (AvgIpc) is 2.44. The zero-order valence-electron chi connectivity index (χ0n) is 11.2. The molecule has 0 aliphatic heterocycles. The van der Waals surface area contributed by atoms with E-state index in [9.17, 15) is 0 Å². The molecule has 1 heterocycles. The van der Waals surface area contributed by atoms with E-state index in [1.165, 1.54) is 12.1 Å². The highest BCUT2D eigenvalue weighted by Crippen LogP contribution is 2.11. The van der Waals surface area contributed by atoms with Crippen LogP contribution >= 0.6 is 0 Å². The lowest BCUT2D eigenvalue weighted by Crippen LogP contribution is -2.32. The van der Waals surface area contributed by atoms with Crippen LogP contribution in [-0.4, -0.2) is 22.4 Å². The minimum atomic E-state index is 0.569. The molecule has 0 aliphatic rings. The summed E-state index contributed by atoms with van der Waals surface area (Å²) in [6, 6.07) is 2.75. The highest BCUT2D eigenvalue weighted by Gasteiger charge is 2.13. The van der Waals surface area contributed by atoms with Gasteiger partial charge in [-0.1, -0.05) is 20.8 Å². The van der Waals surface area contributed by atoms with Crippen LogP contribution in [0, 0.1) is 12.8 Å². The molecular weight excluding hydrogens is 198 g/mol. The van der Waals surface area contributed by atoms with E-state index in [0.717, 1.165) is 24.6 Å². The van der Waals surface area contributed by atoms with Crippen LogP contribution in [0.1, 0.15) is 38.6 Å². The van der Waals surface area contributed by atoms with Crippen molar-refractivity contribution in [2.75, 3.05) is 6.54 Å². The first-order chi connectivity index (χ1) is 7.52. The van der Waals surface area contributed by atoms with Crippen LogP contribution in [0.3, 0.4) is 0 Å². The van der Waals surface area contributed by atoms with Crippen molar-refractivity contribution < 1.29 is 0 Å². The van der Waals surface area contributed by atoms with Crippen molar-refractivity contribution >= 4 is 0 Å². The van der Waals surface area contributed by atoms with Gasteiger partial charge >= 0.3 is 0 Å². The molecule has 0 saturated carbocycles. The summed E-state index contributed by atoms with van der Waals surface area (Å²) >= 11 is 0. The second-order valence-electron chi connectivity index (χ2n) is 4.99. The normalized spacial score (nSPS) is 13.4. The van der Waals surface area contributed by atoms with Crippen molar-refractivity contribution in [3.05, 3.63) is 17.5 Å². The molecule has 0 aliphatic carbocycles. The van der Waals surface area contributed by atoms with Crippen LogP contribution < -0.4 is 5.32 Å². The third-order valence-corrected chi connectivity index (χ3v) is 2.80. The van der Waals surface area contributed by atoms with Crippen molar-refractivity contribution in [3.63, 3.8) is 0 Å². The zero-order valence-corrected chi connectivity index (χ0v) is 11.2. The highest BCUT2D eigenvalue weighted by atomic mass is 15.3. The zero-order chi connectivity index (χ0) is 12.1. The van der Waals surface area contributed by atoms with Crippen molar-refractivity contribution in [2.45, 2.75) is 46.6 Å². The molecule has 1 N–H and O–H groups in total. The third kappa shape index (κ3) is 3.97. The van der Waals surface area contributed by atoms with Gasteiger partial charge in [-0.2, -0.15) is 5.10 Å². The maximum atomic E-state index is 4.39. The van der Waals surface area contributed by atoms with Gasteiger partial charge in [-0.3, -0.25) is 4.68 Å². The minimum Gasteiger partial charge on any atom is -0.314 e. The van der Waals surface area contributed by atoms with E-state index in [-0.39, 0.29) is 0 Å². The SMILES string of the molecule is CCNC(Cc1cc(C)nn1C)CC(C)C. The second kappa shape index (κ2) is 6.04. The van der Waals surface area contributed by atoms with E-state index in [0.29, 0.717) is 6.04 Å². The summed E-state index contributed by atoms with van der Waals surface area (Å²) in [4.78, 5) is 0. The Kier molecular flexibility index (Phi) is 5.00. The Morgan fingerprint density at radius 1 is 1.44 bits per heavy atom. The van der Waals surface area contributed by atoms with Crippen LogP contribution in [0.2, 0.25) is 0 Å². The molecule has 16 heavy (non-hydrogen) atoms. The lowest BCUT2D eigenvalue weighted by Gasteiger charge is -2.19. The first-order valence-electron chi connectivity index (χ1n) is 6.25. The van der Waals surface area contributed by atoms with Gasteiger partial charge in [0.25, 0.3) is 0 Å². The average molecular weight is 223 g/mol. The van der Waals surface area contributed by atoms with Crippen molar-refractivity contribution in [2.24, 2.45) is 13.0 Å². The Morgan fingerprint density at radius 3 is 2.56 bits per heavy atom. The molecule has 0 aromatic carbocycles. The first kappa shape index (κ1) is 13.2. The van der Waals surface area contributed by atoms with Gasteiger partial charge in [-0.15, -0.1) is 0 Å². The summed E-state index contributed by atoms with van der Waals surface area (Å²) in [7, 11) is 2.03. The van der Waals surface area contributed by atoms with Gasteiger partial charge in [-0.05, 0) is 31.9 Å². The summed E-state index contributed by atoms with van der Waals surface area (Å²) in [5.74, 6) is 0.735. The minimum absolute atomic E-state index is 0.569. The Hall–Kier alpha value is -0.830. The molecule has 3 heteroatoms. The van der Waals surface area contributed by atoms with Crippen LogP contribution in [0.15, 0.2) is 6.07 Å². The van der Waals surface area contributed by atoms with Crippen LogP contribution in [0.25, 0.3) is 0 Å². The Bertz CT molecular complexity index is 315. The van der Waals surface area contributed by atoms with Gasteiger partial charge in [0.2, 0.25) is 0 Å². The molecule has 1 atom stereocenters. The second-order valence-corrected chi connectivity index (χ2v) is 4.99. The third-order valence-electron chi connectivity index (χ3n) is 2.80. The highest BCUT2D eigenvalue weighted by molar-refractivity contribution is 5.10. The largest absolute Gasteiger partial charge is 0.314 e. The lowest BCUT2D eigenvalue weighted by atomic mass is 9.99. The molecule has 0 saturated heterocycles. The summed E-state index contributed by atoms with van der Waals surface area (Å²) < 4.78 is 2.00. The van der Waals surface area contributed by atoms with Crippen LogP contribution in [-0.2, 0) is 13.5 Å². The molecule has 3 nitrogen and oxygen atoms in total. The van der Waals surface area contributed by atoms with Gasteiger partial charge in [-0.25, -0.2) is 0 Å². The standard InChI is InChI=1S/C13H25N3/c1-6-14-12(7-10(2)3)9-13-8-11(4)15-16(13)5/h8,10,12,14H,6-7,9H2,1-5H3. The van der Waals surface area contributed by atoms with Crippen LogP contribution in [0.4, 0.5) is 0 Å². The number of hydrogen-bond acceptors (Lipinski definition) is 2. The predicted molar refractivity (Wildman–Crippen MR) is 68.6 cm³/mol. The van der Waals surface area contributed by atoms with E-state index >= 15 is 0 Å². The maximum absolute atomic E-state index is 4.39. The molecule has 1 aromatic rings. The molecule has 0 radical (unpaired) electrons. The molecule has 0 fully saturated rings. The number of rotatable bonds is 6. The molecule has 1 rings (SSSR count). The molecule has 1 aromatic heterocycles. The number of nitrogens with one attached hydrogen (secondary N) is 1. The van der Waals surface area contributed by atoms with Gasteiger partial charge < -0.3 is 5.32 Å². The summed E-state index contributed by atoms with van der Waals surface area (Å²) in [6.45, 7) is 9.81. The maximum Gasteiger partial charge on any atom is 0.0596 e. The Balaban J connectivity index is 2.63. The fraction of sp³-hybridized carbons (Fsp3) is 0.769. The smallest absolute Gasteiger partial charge is 0.0596 e. The van der Waals surface area contributed by atoms with Crippen LogP contribution in [0.5, 0.6) is 0 Å². The molecule has 92 valence electrons. The topological polar surface area (TPSA) is 29.9 Å². The van der Waals surface area contributed by atoms with Crippen molar-refractivity contribution in [1.29, 1.82) is 0 Å². The van der Waals surface area contributed by atoms with E-state index in [4.69, 9.17) is 0 Å². The Morgan fingerprint density at radius 2 is 2.12 bits per heavy atom. The number of nitrogens with zero attached hydrogens (tertiary/aromatic N) is 2. The van der Waals surface area contributed by atoms with Gasteiger partial charge in [0.05, 0.1) is 5.69 Å². The lowest BCUT2D eigenvalue weighted by molar-refractivity contribution is 0.416. The monoisotopic (exact) mass is 223 g/mol. The molecule has 1 unspecified atom stereocenters. The van der Waals surface area contributed by atoms with Gasteiger partial charge in [0.15, 0.2) is 0 Å². The first-order valence-corrected chi connectivity index (χ1v) is 6.25. The number of aromatic nitrogens is 2. The predicted octanol–water partition coefficient (Wildman–Crippen LogP) is 2.30. The molecular formula is C13H25N3. The quantitative estimate of drug-likeness (QED) is 0.802. The van der Waals surface area contributed by atoms with Gasteiger partial charge in [0.1, 0.15) is 0 Å². The summed E-state index contributed by atoms with van der Waals surface area (Å²) in [5.41, 5.74) is 2.43. The Labute approximate surface area is 99.2 Å². The van der Waals surface area contributed by atoms with E-state index in [1.54, 1.807) is 0 Å². The fourth-order valence-electron chi connectivity index (χ4n) is 2.20. The van der Waals surface area contributed by atoms with Gasteiger partial charge in [0, 0.05) is 25.2 Å². The van der Waals surface area contributed by atoms with E-state index < -0.39 is 0 Å². The van der Waals surface area contributed by atoms with E-state index in [2.05, 4.69) is 37.3 Å². The molecule has 0 amide bonds. The number of likely N-dealkylation sites (N-methyl/N-ethyl adjacent to an activating group) is 1. The van der Waals surface area contributed by atoms with Crippen molar-refractivity contribution in [3.8, 4) is 0 Å². The summed E-state index contributed by atoms with van der Waals surface area (Å²) in [5, 5.41) is 7.95. The van der Waals surface area contributed by atoms with Crippen molar-refractivity contribution in [1.82, 2.24) is 15.1 Å². The number of aryl methyl sites for hydroxylation is 2. The fourth-order valence-corrected chi connectivity index (χ4v) is 2.20. The summed E-state index contributed by atoms with van der Waals surface area (Å²) in [6.07, 6.45) is 2.29. The molecule has 0 bridgehead atoms. The number of hydrogen-bond donors (Lipinski definition) is 1.